The number of rotatable bonds is 3. The summed E-state index contributed by atoms with van der Waals surface area (Å²) in [5.41, 5.74) is 8.27. The van der Waals surface area contributed by atoms with Crippen molar-refractivity contribution in [2.75, 3.05) is 11.9 Å². The first-order chi connectivity index (χ1) is 7.65. The summed E-state index contributed by atoms with van der Waals surface area (Å²) >= 11 is 0. The summed E-state index contributed by atoms with van der Waals surface area (Å²) in [7, 11) is 0. The summed E-state index contributed by atoms with van der Waals surface area (Å²) in [4.78, 5) is 10.6. The molecule has 0 aromatic heterocycles. The number of anilines is 1. The van der Waals surface area contributed by atoms with Crippen molar-refractivity contribution in [3.63, 3.8) is 0 Å². The Balaban J connectivity index is 2.13. The van der Waals surface area contributed by atoms with E-state index in [9.17, 15) is 4.79 Å². The quantitative estimate of drug-likeness (QED) is 0.806. The molecule has 1 heterocycles. The lowest BCUT2D eigenvalue weighted by Gasteiger charge is -2.20. The number of carbonyl (C=O) groups is 1. The molecule has 1 amide bonds. The Kier molecular flexibility index (Phi) is 2.81. The molecule has 2 rings (SSSR count). The number of ether oxygens (including phenoxy) is 1. The van der Waals surface area contributed by atoms with Crippen molar-refractivity contribution in [3.8, 4) is 5.75 Å². The van der Waals surface area contributed by atoms with E-state index in [1.54, 1.807) is 0 Å². The third-order valence-electron chi connectivity index (χ3n) is 2.47. The van der Waals surface area contributed by atoms with E-state index in [0.717, 1.165) is 24.2 Å². The lowest BCUT2D eigenvalue weighted by molar-refractivity contribution is -0.119. The van der Waals surface area contributed by atoms with Crippen LogP contribution in [0.25, 0.3) is 0 Å². The predicted molar refractivity (Wildman–Crippen MR) is 62.2 cm³/mol. The molecule has 1 aliphatic heterocycles. The number of primary amides is 1. The topological polar surface area (TPSA) is 64.3 Å². The van der Waals surface area contributed by atoms with Gasteiger partial charge in [0.25, 0.3) is 5.91 Å². The maximum Gasteiger partial charge on any atom is 0.255 e. The number of nitrogens with one attached hydrogen (secondary N) is 1. The molecule has 0 saturated carbocycles. The van der Waals surface area contributed by atoms with Gasteiger partial charge >= 0.3 is 0 Å². The fourth-order valence-electron chi connectivity index (χ4n) is 1.68. The Bertz CT molecular complexity index is 441. The van der Waals surface area contributed by atoms with Gasteiger partial charge < -0.3 is 15.8 Å². The van der Waals surface area contributed by atoms with E-state index in [0.29, 0.717) is 5.75 Å². The van der Waals surface area contributed by atoms with Gasteiger partial charge in [-0.2, -0.15) is 0 Å². The highest BCUT2D eigenvalue weighted by Gasteiger charge is 2.11. The summed E-state index contributed by atoms with van der Waals surface area (Å²) in [6.45, 7) is 3.81. The molecule has 0 fully saturated rings. The fourth-order valence-corrected chi connectivity index (χ4v) is 1.68. The fraction of sp³-hybridized carbons (Fsp3) is 0.250. The molecule has 0 bridgehead atoms. The van der Waals surface area contributed by atoms with Gasteiger partial charge in [-0.25, -0.2) is 0 Å². The number of benzene rings is 1. The minimum atomic E-state index is -0.468. The van der Waals surface area contributed by atoms with Gasteiger partial charge in [0, 0.05) is 11.4 Å². The number of hydrogen-bond acceptors (Lipinski definition) is 3. The number of aryl methyl sites for hydroxylation is 1. The van der Waals surface area contributed by atoms with Crippen LogP contribution in [-0.4, -0.2) is 12.5 Å². The summed E-state index contributed by atoms with van der Waals surface area (Å²) in [5, 5.41) is 3.21. The molecule has 84 valence electrons. The molecule has 0 unspecified atom stereocenters. The van der Waals surface area contributed by atoms with Crippen LogP contribution in [0.2, 0.25) is 0 Å². The molecule has 3 N–H and O–H groups in total. The number of carbonyl (C=O) groups excluding carboxylic acids is 1. The SMILES string of the molecule is C=C1CCc2cc(OCC(N)=O)ccc2N1. The second-order valence-electron chi connectivity index (χ2n) is 3.80. The van der Waals surface area contributed by atoms with Gasteiger partial charge in [0.2, 0.25) is 0 Å². The lowest BCUT2D eigenvalue weighted by Crippen LogP contribution is -2.20. The second kappa shape index (κ2) is 4.26. The van der Waals surface area contributed by atoms with Crippen LogP contribution in [0.1, 0.15) is 12.0 Å². The largest absolute Gasteiger partial charge is 0.484 e. The maximum atomic E-state index is 10.6. The molecule has 4 nitrogen and oxygen atoms in total. The molecule has 0 saturated heterocycles. The molecule has 0 atom stereocenters. The van der Waals surface area contributed by atoms with E-state index < -0.39 is 5.91 Å². The number of nitrogens with two attached hydrogens (primary N) is 1. The maximum absolute atomic E-state index is 10.6. The highest BCUT2D eigenvalue weighted by Crippen LogP contribution is 2.29. The minimum Gasteiger partial charge on any atom is -0.484 e. The number of amides is 1. The van der Waals surface area contributed by atoms with Crippen LogP contribution in [0.15, 0.2) is 30.5 Å². The molecule has 16 heavy (non-hydrogen) atoms. The minimum absolute atomic E-state index is 0.0844. The third-order valence-corrected chi connectivity index (χ3v) is 2.47. The van der Waals surface area contributed by atoms with E-state index in [4.69, 9.17) is 10.5 Å². The zero-order valence-corrected chi connectivity index (χ0v) is 8.95. The first kappa shape index (κ1) is 10.5. The first-order valence-corrected chi connectivity index (χ1v) is 5.14. The normalized spacial score (nSPS) is 13.9. The summed E-state index contributed by atoms with van der Waals surface area (Å²) in [5.74, 6) is 0.205. The van der Waals surface area contributed by atoms with Gasteiger partial charge in [0.05, 0.1) is 0 Å². The number of allylic oxidation sites excluding steroid dienone is 1. The van der Waals surface area contributed by atoms with Gasteiger partial charge in [-0.05, 0) is 36.6 Å². The lowest BCUT2D eigenvalue weighted by atomic mass is 10.0. The highest BCUT2D eigenvalue weighted by atomic mass is 16.5. The van der Waals surface area contributed by atoms with Gasteiger partial charge in [-0.3, -0.25) is 4.79 Å². The van der Waals surface area contributed by atoms with Crippen LogP contribution in [0.4, 0.5) is 5.69 Å². The molecule has 1 aromatic rings. The van der Waals surface area contributed by atoms with Crippen molar-refractivity contribution in [1.29, 1.82) is 0 Å². The van der Waals surface area contributed by atoms with Crippen molar-refractivity contribution < 1.29 is 9.53 Å². The monoisotopic (exact) mass is 218 g/mol. The summed E-state index contributed by atoms with van der Waals surface area (Å²) in [6.07, 6.45) is 1.86. The van der Waals surface area contributed by atoms with Crippen molar-refractivity contribution in [3.05, 3.63) is 36.0 Å². The van der Waals surface area contributed by atoms with Crippen LogP contribution in [0, 0.1) is 0 Å². The van der Waals surface area contributed by atoms with E-state index in [-0.39, 0.29) is 6.61 Å². The number of hydrogen-bond donors (Lipinski definition) is 2. The smallest absolute Gasteiger partial charge is 0.255 e. The Morgan fingerprint density at radius 3 is 3.06 bits per heavy atom. The van der Waals surface area contributed by atoms with Crippen LogP contribution >= 0.6 is 0 Å². The average Bonchev–Trinajstić information content (AvgIpc) is 2.26. The molecule has 0 radical (unpaired) electrons. The predicted octanol–water partition coefficient (Wildman–Crippen LogP) is 1.42. The molecule has 1 aromatic carbocycles. The van der Waals surface area contributed by atoms with Gasteiger partial charge in [0.15, 0.2) is 6.61 Å². The van der Waals surface area contributed by atoms with Crippen molar-refractivity contribution in [2.45, 2.75) is 12.8 Å². The summed E-state index contributed by atoms with van der Waals surface area (Å²) < 4.78 is 5.24. The summed E-state index contributed by atoms with van der Waals surface area (Å²) in [6, 6.07) is 5.67. The Hall–Kier alpha value is -1.97. The van der Waals surface area contributed by atoms with E-state index in [2.05, 4.69) is 11.9 Å². The van der Waals surface area contributed by atoms with Crippen LogP contribution < -0.4 is 15.8 Å². The number of fused-ring (bicyclic) bond motifs is 1. The Morgan fingerprint density at radius 2 is 2.31 bits per heavy atom. The molecule has 1 aliphatic rings. The highest BCUT2D eigenvalue weighted by molar-refractivity contribution is 5.75. The average molecular weight is 218 g/mol. The van der Waals surface area contributed by atoms with Gasteiger partial charge in [-0.1, -0.05) is 6.58 Å². The second-order valence-corrected chi connectivity index (χ2v) is 3.80. The van der Waals surface area contributed by atoms with Crippen LogP contribution in [0.3, 0.4) is 0 Å². The van der Waals surface area contributed by atoms with Crippen molar-refractivity contribution >= 4 is 11.6 Å². The van der Waals surface area contributed by atoms with Crippen molar-refractivity contribution in [1.82, 2.24) is 0 Å². The molecule has 4 heteroatoms. The Labute approximate surface area is 94.1 Å². The van der Waals surface area contributed by atoms with E-state index in [1.165, 1.54) is 5.56 Å². The molecule has 0 spiro atoms. The zero-order valence-electron chi connectivity index (χ0n) is 8.95. The van der Waals surface area contributed by atoms with E-state index in [1.807, 2.05) is 18.2 Å². The van der Waals surface area contributed by atoms with Crippen molar-refractivity contribution in [2.24, 2.45) is 5.73 Å². The van der Waals surface area contributed by atoms with Crippen LogP contribution in [0.5, 0.6) is 5.75 Å². The molecule has 0 aliphatic carbocycles. The standard InChI is InChI=1S/C12H14N2O2/c1-8-2-3-9-6-10(16-7-12(13)15)4-5-11(9)14-8/h4-6,14H,1-3,7H2,(H2,13,15). The third kappa shape index (κ3) is 2.34. The van der Waals surface area contributed by atoms with E-state index >= 15 is 0 Å². The molecular formula is C12H14N2O2. The Morgan fingerprint density at radius 1 is 1.50 bits per heavy atom. The first-order valence-electron chi connectivity index (χ1n) is 5.14. The van der Waals surface area contributed by atoms with Gasteiger partial charge in [-0.15, -0.1) is 0 Å². The van der Waals surface area contributed by atoms with Crippen LogP contribution in [-0.2, 0) is 11.2 Å². The molecular weight excluding hydrogens is 204 g/mol. The van der Waals surface area contributed by atoms with Gasteiger partial charge in [0.1, 0.15) is 5.75 Å². The zero-order chi connectivity index (χ0) is 11.5.